The zero-order valence-electron chi connectivity index (χ0n) is 26.7. The molecule has 1 amide bonds. The Morgan fingerprint density at radius 1 is 1.17 bits per heavy atom. The Morgan fingerprint density at radius 3 is 2.63 bits per heavy atom. The number of cyclic esters (lactones) is 1. The molecular formula is C33H39ClN6O6. The number of rotatable bonds is 9. The van der Waals surface area contributed by atoms with Crippen LogP contribution in [0.3, 0.4) is 0 Å². The number of pyridine rings is 2. The van der Waals surface area contributed by atoms with E-state index in [1.54, 1.807) is 17.6 Å². The van der Waals surface area contributed by atoms with E-state index in [1.165, 1.54) is 20.9 Å². The van der Waals surface area contributed by atoms with E-state index >= 15 is 0 Å². The molecule has 1 aromatic carbocycles. The maximum atomic E-state index is 14.1. The largest absolute Gasteiger partial charge is 0.457 e. The van der Waals surface area contributed by atoms with Gasteiger partial charge < -0.3 is 29.6 Å². The second-order valence-corrected chi connectivity index (χ2v) is 12.5. The molecule has 0 spiro atoms. The first-order chi connectivity index (χ1) is 21.4. The van der Waals surface area contributed by atoms with Gasteiger partial charge in [0.15, 0.2) is 0 Å². The summed E-state index contributed by atoms with van der Waals surface area (Å²) in [6.07, 6.45) is 5.01. The number of nitrogens with two attached hydrogens (primary N) is 1. The van der Waals surface area contributed by atoms with Crippen LogP contribution in [0.2, 0.25) is 0 Å². The Morgan fingerprint density at radius 2 is 1.93 bits per heavy atom. The number of anilines is 1. The summed E-state index contributed by atoms with van der Waals surface area (Å²) in [5.41, 5.74) is 7.65. The van der Waals surface area contributed by atoms with Gasteiger partial charge in [0, 0.05) is 24.7 Å². The highest BCUT2D eigenvalue weighted by Crippen LogP contribution is 2.47. The summed E-state index contributed by atoms with van der Waals surface area (Å²) in [6.45, 7) is 7.29. The van der Waals surface area contributed by atoms with Crippen molar-refractivity contribution in [3.8, 4) is 11.4 Å². The number of carbonyl (C=O) groups excluding carboxylic acids is 3. The minimum atomic E-state index is -1.87. The monoisotopic (exact) mass is 650 g/mol. The van der Waals surface area contributed by atoms with E-state index in [9.17, 15) is 19.2 Å². The number of fused-ring (bicyclic) bond motifs is 5. The standard InChI is InChI=1S/C33H38N6O6.ClH/c1-6-8-9-13-38-18-35-22-11-10-12-23-26(22)28(38)19-15-39-24(27(19)36-23)14-21-20(29(39)41)17-44-31(43)33(21,7-2)45-25(40)16-37(5)30(42)32(3,4)34;/h10-12,14,18H,6-9,13,15-17,34H2,1-5H3;1H/t33-;/m0./s1. The molecule has 0 saturated carbocycles. The van der Waals surface area contributed by atoms with Gasteiger partial charge in [-0.05, 0) is 44.9 Å². The van der Waals surface area contributed by atoms with E-state index in [4.69, 9.17) is 25.2 Å². The summed E-state index contributed by atoms with van der Waals surface area (Å²) in [5.74, 6) is -2.07. The normalized spacial score (nSPS) is 17.5. The van der Waals surface area contributed by atoms with E-state index in [0.717, 1.165) is 58.5 Å². The lowest BCUT2D eigenvalue weighted by molar-refractivity contribution is -0.190. The van der Waals surface area contributed by atoms with Crippen molar-refractivity contribution in [3.05, 3.63) is 51.3 Å². The number of likely N-dealkylation sites (N-methyl/N-ethyl adjacent to an activating group) is 1. The lowest BCUT2D eigenvalue weighted by Gasteiger charge is -2.36. The highest BCUT2D eigenvalue weighted by Gasteiger charge is 2.51. The average molecular weight is 651 g/mol. The minimum absolute atomic E-state index is 0. The number of halogens is 1. The lowest BCUT2D eigenvalue weighted by atomic mass is 9.85. The molecule has 12 nitrogen and oxygen atoms in total. The summed E-state index contributed by atoms with van der Waals surface area (Å²) >= 11 is 0. The second-order valence-electron chi connectivity index (χ2n) is 12.5. The first kappa shape index (κ1) is 33.1. The number of carbonyl (C=O) groups is 3. The van der Waals surface area contributed by atoms with Gasteiger partial charge in [-0.3, -0.25) is 14.4 Å². The van der Waals surface area contributed by atoms with Gasteiger partial charge in [0.2, 0.25) is 11.5 Å². The van der Waals surface area contributed by atoms with Gasteiger partial charge in [-0.15, -0.1) is 12.4 Å². The molecule has 2 N–H and O–H groups in total. The number of aromatic nitrogens is 2. The molecule has 2 aromatic heterocycles. The van der Waals surface area contributed by atoms with Crippen LogP contribution in [-0.4, -0.2) is 64.3 Å². The van der Waals surface area contributed by atoms with E-state index in [1.807, 2.05) is 24.5 Å². The molecule has 3 aliphatic rings. The molecule has 6 rings (SSSR count). The fraction of sp³-hybridized carbons (Fsp3) is 0.455. The molecule has 3 aromatic rings. The van der Waals surface area contributed by atoms with Crippen molar-refractivity contribution in [1.82, 2.24) is 14.5 Å². The van der Waals surface area contributed by atoms with Crippen LogP contribution >= 0.6 is 12.4 Å². The van der Waals surface area contributed by atoms with E-state index < -0.39 is 35.5 Å². The molecule has 244 valence electrons. The number of amides is 1. The lowest BCUT2D eigenvalue weighted by Crippen LogP contribution is -2.52. The summed E-state index contributed by atoms with van der Waals surface area (Å²) in [4.78, 5) is 66.4. The van der Waals surface area contributed by atoms with Crippen molar-refractivity contribution < 1.29 is 23.9 Å². The van der Waals surface area contributed by atoms with Crippen LogP contribution in [0.25, 0.3) is 22.3 Å². The zero-order valence-corrected chi connectivity index (χ0v) is 27.5. The predicted octanol–water partition coefficient (Wildman–Crippen LogP) is 3.92. The molecule has 13 heteroatoms. The number of benzene rings is 1. The number of hydrogen-bond acceptors (Lipinski definition) is 10. The van der Waals surface area contributed by atoms with Crippen LogP contribution in [0.1, 0.15) is 70.1 Å². The molecular weight excluding hydrogens is 612 g/mol. The predicted molar refractivity (Wildman–Crippen MR) is 177 cm³/mol. The van der Waals surface area contributed by atoms with E-state index in [0.29, 0.717) is 11.4 Å². The third-order valence-corrected chi connectivity index (χ3v) is 8.81. The van der Waals surface area contributed by atoms with Gasteiger partial charge in [0.25, 0.3) is 5.56 Å². The van der Waals surface area contributed by atoms with Crippen LogP contribution in [-0.2, 0) is 42.6 Å². The van der Waals surface area contributed by atoms with Gasteiger partial charge in [-0.25, -0.2) is 14.8 Å². The molecule has 0 fully saturated rings. The topological polar surface area (TPSA) is 149 Å². The van der Waals surface area contributed by atoms with Crippen molar-refractivity contribution in [1.29, 1.82) is 0 Å². The summed E-state index contributed by atoms with van der Waals surface area (Å²) in [5, 5.41) is 0.940. The summed E-state index contributed by atoms with van der Waals surface area (Å²) < 4.78 is 13.0. The Kier molecular flexibility index (Phi) is 8.73. The van der Waals surface area contributed by atoms with Crippen molar-refractivity contribution in [2.45, 2.75) is 77.7 Å². The van der Waals surface area contributed by atoms with Crippen molar-refractivity contribution in [2.24, 2.45) is 10.7 Å². The maximum Gasteiger partial charge on any atom is 0.355 e. The quantitative estimate of drug-likeness (QED) is 0.210. The van der Waals surface area contributed by atoms with Gasteiger partial charge in [-0.1, -0.05) is 32.8 Å². The van der Waals surface area contributed by atoms with E-state index in [-0.39, 0.29) is 48.7 Å². The number of ether oxygens (including phenoxy) is 2. The van der Waals surface area contributed by atoms with Gasteiger partial charge in [0.1, 0.15) is 13.2 Å². The third kappa shape index (κ3) is 5.23. The van der Waals surface area contributed by atoms with Crippen LogP contribution < -0.4 is 16.2 Å². The number of hydrogen-bond donors (Lipinski definition) is 1. The van der Waals surface area contributed by atoms with Crippen molar-refractivity contribution >= 4 is 58.9 Å². The van der Waals surface area contributed by atoms with Gasteiger partial charge in [-0.2, -0.15) is 0 Å². The van der Waals surface area contributed by atoms with Crippen LogP contribution in [0, 0.1) is 0 Å². The molecule has 3 aliphatic heterocycles. The zero-order chi connectivity index (χ0) is 32.3. The number of unbranched alkanes of at least 4 members (excludes halogenated alkanes) is 2. The Labute approximate surface area is 273 Å². The number of aliphatic imine (C=N–C) groups is 1. The molecule has 0 unspecified atom stereocenters. The minimum Gasteiger partial charge on any atom is -0.457 e. The van der Waals surface area contributed by atoms with Crippen LogP contribution in [0.5, 0.6) is 0 Å². The number of nitrogens with zero attached hydrogens (tertiary/aromatic N) is 5. The summed E-state index contributed by atoms with van der Waals surface area (Å²) in [7, 11) is 1.43. The molecule has 5 heterocycles. The van der Waals surface area contributed by atoms with Gasteiger partial charge in [0.05, 0.1) is 57.7 Å². The highest BCUT2D eigenvalue weighted by atomic mass is 35.5. The fourth-order valence-corrected chi connectivity index (χ4v) is 6.54. The molecule has 0 radical (unpaired) electrons. The highest BCUT2D eigenvalue weighted by molar-refractivity contribution is 6.11. The molecule has 0 aliphatic carbocycles. The van der Waals surface area contributed by atoms with Crippen LogP contribution in [0.4, 0.5) is 11.4 Å². The average Bonchev–Trinajstić information content (AvgIpc) is 3.37. The van der Waals surface area contributed by atoms with E-state index in [2.05, 4.69) is 11.8 Å². The van der Waals surface area contributed by atoms with Gasteiger partial charge >= 0.3 is 11.9 Å². The fourth-order valence-electron chi connectivity index (χ4n) is 6.54. The second kappa shape index (κ2) is 12.1. The summed E-state index contributed by atoms with van der Waals surface area (Å²) in [6, 6.07) is 7.54. The molecule has 1 atom stereocenters. The molecule has 46 heavy (non-hydrogen) atoms. The molecule has 0 saturated heterocycles. The Hall–Kier alpha value is -4.29. The first-order valence-corrected chi connectivity index (χ1v) is 15.4. The molecule has 0 bridgehead atoms. The van der Waals surface area contributed by atoms with Crippen molar-refractivity contribution in [2.75, 3.05) is 25.0 Å². The number of esters is 2. The third-order valence-electron chi connectivity index (χ3n) is 8.81. The first-order valence-electron chi connectivity index (χ1n) is 15.4. The smallest absolute Gasteiger partial charge is 0.355 e. The van der Waals surface area contributed by atoms with Crippen LogP contribution in [0.15, 0.2) is 34.1 Å². The van der Waals surface area contributed by atoms with Crippen molar-refractivity contribution in [3.63, 3.8) is 0 Å². The Balaban J connectivity index is 0.00000417. The SMILES string of the molecule is CCCCCN1C=Nc2cccc3nc4c(c1c23)Cn1c-4cc2c(c1=O)COC(=O)[C@@]2(CC)OC(=O)CN(C)C(=O)C(C)(C)N.Cl. The maximum absolute atomic E-state index is 14.1. The Bertz CT molecular complexity index is 1850.